The maximum Gasteiger partial charge on any atom is 0.338 e. The molecule has 1 heterocycles. The van der Waals surface area contributed by atoms with Gasteiger partial charge >= 0.3 is 17.7 Å². The van der Waals surface area contributed by atoms with E-state index in [1.165, 1.54) is 19.2 Å². The average Bonchev–Trinajstić information content (AvgIpc) is 2.70. The number of allylic oxidation sites excluding steroid dienone is 1. The third kappa shape index (κ3) is 5.65. The highest BCUT2D eigenvalue weighted by Gasteiger charge is 2.36. The van der Waals surface area contributed by atoms with Crippen LogP contribution in [0.15, 0.2) is 23.4 Å². The maximum absolute atomic E-state index is 13.0. The van der Waals surface area contributed by atoms with Crippen LogP contribution in [0.2, 0.25) is 0 Å². The quantitative estimate of drug-likeness (QED) is 0.325. The molecular weight excluding hydrogens is 406 g/mol. The van der Waals surface area contributed by atoms with Gasteiger partial charge in [0.15, 0.2) is 5.75 Å². The fraction of sp³-hybridized carbons (Fsp3) is 0.524. The Hall–Kier alpha value is -3.30. The zero-order chi connectivity index (χ0) is 23.1. The van der Waals surface area contributed by atoms with E-state index >= 15 is 0 Å². The van der Waals surface area contributed by atoms with E-state index in [2.05, 4.69) is 10.6 Å². The Morgan fingerprint density at radius 2 is 2.00 bits per heavy atom. The predicted octanol–water partition coefficient (Wildman–Crippen LogP) is 3.75. The van der Waals surface area contributed by atoms with E-state index < -0.39 is 23.0 Å². The number of nitrogens with zero attached hydrogens (tertiary/aromatic N) is 1. The zero-order valence-electron chi connectivity index (χ0n) is 18.4. The number of benzene rings is 1. The monoisotopic (exact) mass is 435 g/mol. The minimum atomic E-state index is -0.948. The van der Waals surface area contributed by atoms with Gasteiger partial charge in [0.05, 0.1) is 36.4 Å². The van der Waals surface area contributed by atoms with Crippen LogP contribution in [0.1, 0.15) is 58.6 Å². The lowest BCUT2D eigenvalue weighted by atomic mass is 9.92. The molecule has 0 saturated carbocycles. The number of rotatable bonds is 10. The molecule has 2 N–H and O–H groups in total. The summed E-state index contributed by atoms with van der Waals surface area (Å²) in [7, 11) is 1.31. The van der Waals surface area contributed by atoms with E-state index in [9.17, 15) is 19.7 Å². The van der Waals surface area contributed by atoms with Crippen molar-refractivity contribution in [2.75, 3.05) is 13.7 Å². The van der Waals surface area contributed by atoms with Crippen molar-refractivity contribution >= 4 is 17.7 Å². The first-order chi connectivity index (χ1) is 14.7. The molecule has 1 aromatic rings. The van der Waals surface area contributed by atoms with Gasteiger partial charge in [-0.25, -0.2) is 9.59 Å². The number of unbranched alkanes of at least 4 members (excludes halogenated alkanes) is 1. The number of methoxy groups -OCH3 is 1. The van der Waals surface area contributed by atoms with Crippen molar-refractivity contribution in [1.82, 2.24) is 10.6 Å². The van der Waals surface area contributed by atoms with E-state index in [1.54, 1.807) is 20.8 Å². The molecule has 0 spiro atoms. The number of hydrogen-bond donors (Lipinski definition) is 2. The third-order valence-electron chi connectivity index (χ3n) is 4.59. The van der Waals surface area contributed by atoms with Crippen molar-refractivity contribution in [1.29, 1.82) is 0 Å². The van der Waals surface area contributed by atoms with Gasteiger partial charge < -0.3 is 24.8 Å². The number of nitro benzene ring substituents is 1. The van der Waals surface area contributed by atoms with Crippen molar-refractivity contribution < 1.29 is 28.7 Å². The minimum Gasteiger partial charge on any atom is -0.490 e. The number of nitrogens with one attached hydrogen (secondary N) is 2. The second-order valence-corrected chi connectivity index (χ2v) is 7.24. The average molecular weight is 435 g/mol. The summed E-state index contributed by atoms with van der Waals surface area (Å²) in [5.74, 6) is -0.485. The van der Waals surface area contributed by atoms with Crippen LogP contribution in [0.4, 0.5) is 10.5 Å². The number of carbonyl (C=O) groups is 2. The molecule has 0 aliphatic carbocycles. The lowest BCUT2D eigenvalue weighted by molar-refractivity contribution is -0.385. The van der Waals surface area contributed by atoms with Crippen molar-refractivity contribution in [2.24, 2.45) is 0 Å². The second kappa shape index (κ2) is 10.6. The Kier molecular flexibility index (Phi) is 8.23. The molecule has 1 aliphatic rings. The van der Waals surface area contributed by atoms with E-state index in [4.69, 9.17) is 14.2 Å². The van der Waals surface area contributed by atoms with Crippen molar-refractivity contribution in [2.45, 2.75) is 59.1 Å². The van der Waals surface area contributed by atoms with E-state index in [0.29, 0.717) is 17.7 Å². The maximum atomic E-state index is 13.0. The van der Waals surface area contributed by atoms with Crippen LogP contribution in [0.3, 0.4) is 0 Å². The molecular formula is C21H29N3O7. The number of ether oxygens (including phenoxy) is 3. The predicted molar refractivity (Wildman–Crippen MR) is 113 cm³/mol. The number of nitro groups is 1. The SMILES string of the molecule is CCCCC1=C(C(=O)OC(C)C)C(c2cc(OCC)c(OC)c([N+](=O)[O-])c2)NC(=O)N1. The van der Waals surface area contributed by atoms with Gasteiger partial charge in [-0.05, 0) is 45.2 Å². The smallest absolute Gasteiger partial charge is 0.338 e. The van der Waals surface area contributed by atoms with Gasteiger partial charge in [0.25, 0.3) is 0 Å². The van der Waals surface area contributed by atoms with Gasteiger partial charge in [0.2, 0.25) is 5.75 Å². The summed E-state index contributed by atoms with van der Waals surface area (Å²) in [4.78, 5) is 36.4. The lowest BCUT2D eigenvalue weighted by Gasteiger charge is -2.30. The van der Waals surface area contributed by atoms with Crippen molar-refractivity contribution in [3.63, 3.8) is 0 Å². The Balaban J connectivity index is 2.69. The Morgan fingerprint density at radius 3 is 2.55 bits per heavy atom. The third-order valence-corrected chi connectivity index (χ3v) is 4.59. The molecule has 0 radical (unpaired) electrons. The number of esters is 1. The molecule has 1 aromatic carbocycles. The van der Waals surface area contributed by atoms with E-state index in [1.807, 2.05) is 6.92 Å². The van der Waals surface area contributed by atoms with Gasteiger partial charge in [-0.1, -0.05) is 13.3 Å². The molecule has 1 atom stereocenters. The number of hydrogen-bond acceptors (Lipinski definition) is 7. The van der Waals surface area contributed by atoms with Crippen molar-refractivity contribution in [3.8, 4) is 11.5 Å². The second-order valence-electron chi connectivity index (χ2n) is 7.24. The minimum absolute atomic E-state index is 0.0302. The molecule has 0 fully saturated rings. The summed E-state index contributed by atoms with van der Waals surface area (Å²) < 4.78 is 16.1. The number of urea groups is 1. The molecule has 0 saturated heterocycles. The molecule has 0 aromatic heterocycles. The van der Waals surface area contributed by atoms with Crippen LogP contribution >= 0.6 is 0 Å². The van der Waals surface area contributed by atoms with Crippen LogP contribution in [-0.2, 0) is 9.53 Å². The van der Waals surface area contributed by atoms with Gasteiger partial charge in [-0.15, -0.1) is 0 Å². The molecule has 0 bridgehead atoms. The fourth-order valence-corrected chi connectivity index (χ4v) is 3.32. The highest BCUT2D eigenvalue weighted by molar-refractivity contribution is 5.95. The van der Waals surface area contributed by atoms with E-state index in [-0.39, 0.29) is 35.5 Å². The molecule has 10 nitrogen and oxygen atoms in total. The number of amides is 2. The summed E-state index contributed by atoms with van der Waals surface area (Å²) in [5, 5.41) is 17.1. The summed E-state index contributed by atoms with van der Waals surface area (Å²) in [5.41, 5.74) is 0.639. The topological polar surface area (TPSA) is 129 Å². The molecule has 10 heteroatoms. The molecule has 2 amide bonds. The van der Waals surface area contributed by atoms with Gasteiger partial charge in [-0.2, -0.15) is 0 Å². The first kappa shape index (κ1) is 24.0. The summed E-state index contributed by atoms with van der Waals surface area (Å²) in [6.07, 6.45) is 1.68. The fourth-order valence-electron chi connectivity index (χ4n) is 3.32. The Labute approximate surface area is 181 Å². The lowest BCUT2D eigenvalue weighted by Crippen LogP contribution is -2.46. The van der Waals surface area contributed by atoms with Crippen LogP contribution < -0.4 is 20.1 Å². The Morgan fingerprint density at radius 1 is 1.29 bits per heavy atom. The Bertz CT molecular complexity index is 880. The number of carbonyl (C=O) groups excluding carboxylic acids is 2. The molecule has 2 rings (SSSR count). The van der Waals surface area contributed by atoms with Crippen molar-refractivity contribution in [3.05, 3.63) is 39.1 Å². The summed E-state index contributed by atoms with van der Waals surface area (Å²) in [6.45, 7) is 7.42. The van der Waals surface area contributed by atoms with Gasteiger partial charge in [-0.3, -0.25) is 10.1 Å². The van der Waals surface area contributed by atoms with Gasteiger partial charge in [0.1, 0.15) is 0 Å². The van der Waals surface area contributed by atoms with Crippen LogP contribution in [-0.4, -0.2) is 36.7 Å². The first-order valence-corrected chi connectivity index (χ1v) is 10.2. The van der Waals surface area contributed by atoms with Crippen LogP contribution in [0.5, 0.6) is 11.5 Å². The normalized spacial score (nSPS) is 15.9. The zero-order valence-corrected chi connectivity index (χ0v) is 18.4. The van der Waals surface area contributed by atoms with Crippen LogP contribution in [0.25, 0.3) is 0 Å². The highest BCUT2D eigenvalue weighted by atomic mass is 16.6. The molecule has 31 heavy (non-hydrogen) atoms. The first-order valence-electron chi connectivity index (χ1n) is 10.2. The van der Waals surface area contributed by atoms with E-state index in [0.717, 1.165) is 12.8 Å². The molecule has 170 valence electrons. The highest BCUT2D eigenvalue weighted by Crippen LogP contribution is 2.42. The van der Waals surface area contributed by atoms with Crippen LogP contribution in [0, 0.1) is 10.1 Å². The van der Waals surface area contributed by atoms with Gasteiger partial charge in [0, 0.05) is 11.8 Å². The standard InChI is InChI=1S/C21H29N3O7/c1-6-8-9-14-17(20(25)31-12(3)4)18(23-21(26)22-14)13-10-15(24(27)28)19(29-5)16(11-13)30-7-2/h10-12,18H,6-9H2,1-5H3,(H2,22,23,26). The summed E-state index contributed by atoms with van der Waals surface area (Å²) >= 11 is 0. The molecule has 1 aliphatic heterocycles. The largest absolute Gasteiger partial charge is 0.490 e. The molecule has 1 unspecified atom stereocenters. The summed E-state index contributed by atoms with van der Waals surface area (Å²) in [6, 6.07) is 1.35.